The van der Waals surface area contributed by atoms with Crippen molar-refractivity contribution in [2.45, 2.75) is 37.5 Å². The zero-order chi connectivity index (χ0) is 15.0. The predicted octanol–water partition coefficient (Wildman–Crippen LogP) is 3.54. The highest BCUT2D eigenvalue weighted by Crippen LogP contribution is 2.48. The molecule has 1 N–H and O–H groups in total. The lowest BCUT2D eigenvalue weighted by Gasteiger charge is -2.21. The van der Waals surface area contributed by atoms with Gasteiger partial charge in [0.1, 0.15) is 0 Å². The zero-order valence-corrected chi connectivity index (χ0v) is 14.3. The van der Waals surface area contributed by atoms with Crippen LogP contribution >= 0.6 is 15.9 Å². The van der Waals surface area contributed by atoms with Gasteiger partial charge in [0.25, 0.3) is 10.0 Å². The lowest BCUT2D eigenvalue weighted by Crippen LogP contribution is -2.24. The zero-order valence-electron chi connectivity index (χ0n) is 11.9. The highest BCUT2D eigenvalue weighted by atomic mass is 79.9. The van der Waals surface area contributed by atoms with Crippen LogP contribution in [0.3, 0.4) is 0 Å². The van der Waals surface area contributed by atoms with Crippen LogP contribution in [0.15, 0.2) is 38.7 Å². The molecule has 2 bridgehead atoms. The van der Waals surface area contributed by atoms with E-state index >= 15 is 0 Å². The van der Waals surface area contributed by atoms with Gasteiger partial charge in [0.15, 0.2) is 0 Å². The molecule has 3 rings (SSSR count). The minimum absolute atomic E-state index is 0.232. The minimum Gasteiger partial charge on any atom is -0.200 e. The first kappa shape index (κ1) is 15.0. The third kappa shape index (κ3) is 3.16. The first-order chi connectivity index (χ1) is 9.95. The normalized spacial score (nSPS) is 28.9. The van der Waals surface area contributed by atoms with Crippen molar-refractivity contribution in [2.24, 2.45) is 22.9 Å². The van der Waals surface area contributed by atoms with Crippen LogP contribution in [-0.2, 0) is 10.0 Å². The van der Waals surface area contributed by atoms with Crippen molar-refractivity contribution in [1.29, 1.82) is 0 Å². The van der Waals surface area contributed by atoms with Gasteiger partial charge in [0.2, 0.25) is 0 Å². The Hall–Kier alpha value is -0.880. The number of rotatable bonds is 4. The second-order valence-corrected chi connectivity index (χ2v) is 8.66. The second kappa shape index (κ2) is 5.72. The molecule has 0 aromatic heterocycles. The molecular formula is C15H19BrN2O2S. The van der Waals surface area contributed by atoms with Crippen molar-refractivity contribution in [3.05, 3.63) is 28.7 Å². The van der Waals surface area contributed by atoms with E-state index in [1.165, 1.54) is 25.7 Å². The summed E-state index contributed by atoms with van der Waals surface area (Å²) in [6.07, 6.45) is 5.05. The summed E-state index contributed by atoms with van der Waals surface area (Å²) in [6, 6.07) is 6.55. The Kier molecular flexibility index (Phi) is 4.10. The molecule has 1 aromatic rings. The lowest BCUT2D eigenvalue weighted by molar-refractivity contribution is 0.413. The first-order valence-electron chi connectivity index (χ1n) is 7.27. The fourth-order valence-electron chi connectivity index (χ4n) is 3.64. The van der Waals surface area contributed by atoms with Crippen molar-refractivity contribution in [2.75, 3.05) is 0 Å². The van der Waals surface area contributed by atoms with Gasteiger partial charge in [-0.3, -0.25) is 0 Å². The summed E-state index contributed by atoms with van der Waals surface area (Å²) in [4.78, 5) is 2.61. The number of halogens is 1. The number of nitrogens with one attached hydrogen (secondary N) is 1. The molecule has 2 saturated carbocycles. The van der Waals surface area contributed by atoms with E-state index in [1.807, 2.05) is 6.92 Å². The molecule has 0 heterocycles. The van der Waals surface area contributed by atoms with E-state index in [4.69, 9.17) is 0 Å². The van der Waals surface area contributed by atoms with E-state index in [1.54, 1.807) is 24.3 Å². The highest BCUT2D eigenvalue weighted by Gasteiger charge is 2.40. The summed E-state index contributed by atoms with van der Waals surface area (Å²) in [5.74, 6) is 1.99. The van der Waals surface area contributed by atoms with Crippen molar-refractivity contribution in [3.8, 4) is 0 Å². The Labute approximate surface area is 134 Å². The van der Waals surface area contributed by atoms with E-state index in [2.05, 4.69) is 25.9 Å². The van der Waals surface area contributed by atoms with Crippen LogP contribution in [0.5, 0.6) is 0 Å². The Bertz CT molecular complexity index is 655. The summed E-state index contributed by atoms with van der Waals surface area (Å²) < 4.78 is 25.2. The third-order valence-electron chi connectivity index (χ3n) is 4.74. The van der Waals surface area contributed by atoms with Gasteiger partial charge < -0.3 is 0 Å². The third-order valence-corrected chi connectivity index (χ3v) is 6.49. The summed E-state index contributed by atoms with van der Waals surface area (Å²) >= 11 is 3.29. The summed E-state index contributed by atoms with van der Waals surface area (Å²) in [5, 5.41) is 4.16. The van der Waals surface area contributed by atoms with Crippen LogP contribution in [-0.4, -0.2) is 14.1 Å². The molecule has 3 atom stereocenters. The van der Waals surface area contributed by atoms with Gasteiger partial charge >= 0.3 is 0 Å². The second-order valence-electron chi connectivity index (χ2n) is 6.08. The summed E-state index contributed by atoms with van der Waals surface area (Å²) in [7, 11) is -3.57. The fourth-order valence-corrected chi connectivity index (χ4v) is 4.77. The molecule has 0 saturated heterocycles. The molecule has 0 radical (unpaired) electrons. The topological polar surface area (TPSA) is 58.5 Å². The van der Waals surface area contributed by atoms with Gasteiger partial charge in [0.05, 0.1) is 4.90 Å². The lowest BCUT2D eigenvalue weighted by atomic mass is 9.86. The van der Waals surface area contributed by atoms with Crippen LogP contribution in [0.1, 0.15) is 32.6 Å². The highest BCUT2D eigenvalue weighted by molar-refractivity contribution is 9.10. The van der Waals surface area contributed by atoms with E-state index < -0.39 is 10.0 Å². The van der Waals surface area contributed by atoms with Crippen LogP contribution in [0.2, 0.25) is 0 Å². The Balaban J connectivity index is 1.71. The molecule has 0 amide bonds. The van der Waals surface area contributed by atoms with E-state index in [9.17, 15) is 8.42 Å². The molecule has 114 valence electrons. The molecule has 2 aliphatic carbocycles. The number of hydrazone groups is 1. The van der Waals surface area contributed by atoms with Crippen LogP contribution < -0.4 is 4.83 Å². The Morgan fingerprint density at radius 3 is 2.52 bits per heavy atom. The molecule has 0 spiro atoms. The first-order valence-corrected chi connectivity index (χ1v) is 9.55. The number of nitrogens with zero attached hydrogens (tertiary/aromatic N) is 1. The summed E-state index contributed by atoms with van der Waals surface area (Å²) in [6.45, 7) is 1.94. The SMILES string of the molecule is C/C(=N/NS(=O)(=O)c1ccc(Br)cc1)[C@@H]1C[C@H]2CC[C@H]1C2. The van der Waals surface area contributed by atoms with Crippen LogP contribution in [0.25, 0.3) is 0 Å². The van der Waals surface area contributed by atoms with Gasteiger partial charge in [0, 0.05) is 16.1 Å². The number of hydrogen-bond acceptors (Lipinski definition) is 3. The molecule has 2 aliphatic rings. The van der Waals surface area contributed by atoms with Gasteiger partial charge in [-0.05, 0) is 62.3 Å². The smallest absolute Gasteiger partial charge is 0.200 e. The standard InChI is InChI=1S/C15H19BrN2O2S/c1-10(15-9-11-2-3-12(15)8-11)17-18-21(19,20)14-6-4-13(16)5-7-14/h4-7,11-12,15,18H,2-3,8-9H2,1H3/b17-10-/t11-,12-,15-/m0/s1. The van der Waals surface area contributed by atoms with Crippen LogP contribution in [0, 0.1) is 17.8 Å². The van der Waals surface area contributed by atoms with E-state index in [0.29, 0.717) is 11.8 Å². The Morgan fingerprint density at radius 2 is 1.95 bits per heavy atom. The quantitative estimate of drug-likeness (QED) is 0.650. The number of benzene rings is 1. The minimum atomic E-state index is -3.57. The van der Waals surface area contributed by atoms with Gasteiger partial charge in [-0.15, -0.1) is 0 Å². The number of fused-ring (bicyclic) bond motifs is 2. The van der Waals surface area contributed by atoms with Crippen molar-refractivity contribution < 1.29 is 8.42 Å². The molecule has 6 heteroatoms. The molecule has 0 unspecified atom stereocenters. The maximum atomic E-state index is 12.2. The molecule has 0 aliphatic heterocycles. The average Bonchev–Trinajstić information content (AvgIpc) is 3.08. The molecule has 1 aromatic carbocycles. The van der Waals surface area contributed by atoms with Gasteiger partial charge in [-0.2, -0.15) is 13.5 Å². The van der Waals surface area contributed by atoms with Gasteiger partial charge in [-0.1, -0.05) is 22.4 Å². The van der Waals surface area contributed by atoms with Crippen LogP contribution in [0.4, 0.5) is 0 Å². The van der Waals surface area contributed by atoms with E-state index in [0.717, 1.165) is 16.1 Å². The van der Waals surface area contributed by atoms with E-state index in [-0.39, 0.29) is 4.90 Å². The predicted molar refractivity (Wildman–Crippen MR) is 86.5 cm³/mol. The largest absolute Gasteiger partial charge is 0.276 e. The average molecular weight is 371 g/mol. The fraction of sp³-hybridized carbons (Fsp3) is 0.533. The molecule has 4 nitrogen and oxygen atoms in total. The van der Waals surface area contributed by atoms with Crippen molar-refractivity contribution in [1.82, 2.24) is 4.83 Å². The number of sulfonamides is 1. The monoisotopic (exact) mass is 370 g/mol. The van der Waals surface area contributed by atoms with Crippen molar-refractivity contribution in [3.63, 3.8) is 0 Å². The maximum Gasteiger partial charge on any atom is 0.276 e. The molecule has 2 fully saturated rings. The molecular weight excluding hydrogens is 352 g/mol. The summed E-state index contributed by atoms with van der Waals surface area (Å²) in [5.41, 5.74) is 0.919. The molecule has 21 heavy (non-hydrogen) atoms. The van der Waals surface area contributed by atoms with Gasteiger partial charge in [-0.25, -0.2) is 4.83 Å². The van der Waals surface area contributed by atoms with Crippen molar-refractivity contribution >= 4 is 31.7 Å². The maximum absolute atomic E-state index is 12.2. The number of hydrogen-bond donors (Lipinski definition) is 1. The Morgan fingerprint density at radius 1 is 1.24 bits per heavy atom.